The van der Waals surface area contributed by atoms with Crippen molar-refractivity contribution in [3.8, 4) is 0 Å². The van der Waals surface area contributed by atoms with Crippen LogP contribution in [0.2, 0.25) is 0 Å². The number of carbonyl (C=O) groups excluding carboxylic acids is 1. The summed E-state index contributed by atoms with van der Waals surface area (Å²) >= 11 is 0. The average molecular weight is 359 g/mol. The molecule has 0 bridgehead atoms. The number of fused-ring (bicyclic) bond motifs is 1. The number of amides is 1. The lowest BCUT2D eigenvalue weighted by molar-refractivity contribution is 0.0953. The minimum atomic E-state index is -0.360. The highest BCUT2D eigenvalue weighted by atomic mass is 16.5. The zero-order valence-corrected chi connectivity index (χ0v) is 14.8. The molecule has 3 aromatic rings. The third-order valence-corrected chi connectivity index (χ3v) is 4.07. The van der Waals surface area contributed by atoms with E-state index in [1.807, 2.05) is 6.07 Å². The molecular formula is C18H21N3O5. The monoisotopic (exact) mass is 359 g/mol. The van der Waals surface area contributed by atoms with E-state index in [0.717, 1.165) is 5.76 Å². The van der Waals surface area contributed by atoms with Crippen LogP contribution in [0.15, 0.2) is 38.4 Å². The van der Waals surface area contributed by atoms with Gasteiger partial charge in [0.1, 0.15) is 23.2 Å². The number of hydrogen-bond donors (Lipinski definition) is 1. The number of ether oxygens (including phenoxy) is 1. The molecule has 8 nitrogen and oxygen atoms in total. The largest absolute Gasteiger partial charge is 0.469 e. The maximum absolute atomic E-state index is 12.7. The van der Waals surface area contributed by atoms with Gasteiger partial charge in [-0.25, -0.2) is 4.98 Å². The van der Waals surface area contributed by atoms with E-state index >= 15 is 0 Å². The van der Waals surface area contributed by atoms with Crippen LogP contribution in [0.5, 0.6) is 0 Å². The molecule has 26 heavy (non-hydrogen) atoms. The number of furan rings is 2. The topological polar surface area (TPSA) is 99.5 Å². The fourth-order valence-electron chi connectivity index (χ4n) is 2.79. The van der Waals surface area contributed by atoms with Crippen molar-refractivity contribution in [2.24, 2.45) is 0 Å². The molecule has 0 unspecified atom stereocenters. The van der Waals surface area contributed by atoms with Gasteiger partial charge >= 0.3 is 0 Å². The Labute approximate surface area is 149 Å². The standard InChI is InChI=1S/C18H21N3O5/c1-12-14(16(22)19-7-6-13-5-3-10-25-13)15-17(26-12)20-11-21(18(15)23)8-4-9-24-2/h3,5,10-11H,4,6-9H2,1-2H3,(H,19,22). The molecule has 0 aliphatic rings. The van der Waals surface area contributed by atoms with Gasteiger partial charge in [-0.05, 0) is 25.5 Å². The fourth-order valence-corrected chi connectivity index (χ4v) is 2.79. The van der Waals surface area contributed by atoms with Gasteiger partial charge < -0.3 is 18.9 Å². The van der Waals surface area contributed by atoms with Crippen LogP contribution in [-0.4, -0.2) is 35.7 Å². The molecule has 0 aliphatic heterocycles. The summed E-state index contributed by atoms with van der Waals surface area (Å²) < 4.78 is 17.2. The minimum Gasteiger partial charge on any atom is -0.469 e. The second kappa shape index (κ2) is 8.01. The number of aromatic nitrogens is 2. The highest BCUT2D eigenvalue weighted by Gasteiger charge is 2.22. The first-order chi connectivity index (χ1) is 12.6. The number of hydrogen-bond acceptors (Lipinski definition) is 6. The highest BCUT2D eigenvalue weighted by Crippen LogP contribution is 2.20. The lowest BCUT2D eigenvalue weighted by atomic mass is 10.1. The van der Waals surface area contributed by atoms with Crippen LogP contribution in [0.1, 0.15) is 28.3 Å². The summed E-state index contributed by atoms with van der Waals surface area (Å²) in [4.78, 5) is 29.5. The summed E-state index contributed by atoms with van der Waals surface area (Å²) in [5.74, 6) is 0.789. The number of aryl methyl sites for hydroxylation is 2. The van der Waals surface area contributed by atoms with E-state index in [4.69, 9.17) is 13.6 Å². The number of nitrogens with one attached hydrogen (secondary N) is 1. The summed E-state index contributed by atoms with van der Waals surface area (Å²) in [7, 11) is 1.61. The minimum absolute atomic E-state index is 0.173. The molecule has 8 heteroatoms. The van der Waals surface area contributed by atoms with E-state index in [9.17, 15) is 9.59 Å². The summed E-state index contributed by atoms with van der Waals surface area (Å²) in [6.45, 7) is 3.03. The molecule has 1 amide bonds. The van der Waals surface area contributed by atoms with Crippen LogP contribution < -0.4 is 10.9 Å². The quantitative estimate of drug-likeness (QED) is 0.617. The van der Waals surface area contributed by atoms with E-state index in [1.165, 1.54) is 10.9 Å². The van der Waals surface area contributed by atoms with E-state index in [0.29, 0.717) is 38.3 Å². The Balaban J connectivity index is 1.82. The van der Waals surface area contributed by atoms with Crippen LogP contribution in [-0.2, 0) is 17.7 Å². The van der Waals surface area contributed by atoms with Crippen molar-refractivity contribution in [3.05, 3.63) is 52.2 Å². The second-order valence-corrected chi connectivity index (χ2v) is 5.89. The van der Waals surface area contributed by atoms with Gasteiger partial charge in [-0.2, -0.15) is 0 Å². The molecule has 0 saturated carbocycles. The zero-order chi connectivity index (χ0) is 18.5. The first-order valence-electron chi connectivity index (χ1n) is 8.40. The molecule has 138 valence electrons. The van der Waals surface area contributed by atoms with Crippen LogP contribution >= 0.6 is 0 Å². The first kappa shape index (κ1) is 17.9. The predicted octanol–water partition coefficient (Wildman–Crippen LogP) is 1.90. The molecule has 1 N–H and O–H groups in total. The third-order valence-electron chi connectivity index (χ3n) is 4.07. The number of nitrogens with zero attached hydrogens (tertiary/aromatic N) is 2. The number of methoxy groups -OCH3 is 1. The lowest BCUT2D eigenvalue weighted by Gasteiger charge is -2.06. The Morgan fingerprint density at radius 2 is 2.27 bits per heavy atom. The number of rotatable bonds is 8. The van der Waals surface area contributed by atoms with Gasteiger partial charge in [0.05, 0.1) is 11.8 Å². The maximum atomic E-state index is 12.7. The van der Waals surface area contributed by atoms with Gasteiger partial charge in [-0.1, -0.05) is 0 Å². The smallest absolute Gasteiger partial charge is 0.265 e. The average Bonchev–Trinajstić information content (AvgIpc) is 3.24. The molecule has 0 aromatic carbocycles. The second-order valence-electron chi connectivity index (χ2n) is 5.89. The van der Waals surface area contributed by atoms with Crippen molar-refractivity contribution in [1.29, 1.82) is 0 Å². The lowest BCUT2D eigenvalue weighted by Crippen LogP contribution is -2.28. The molecular weight excluding hydrogens is 338 g/mol. The summed E-state index contributed by atoms with van der Waals surface area (Å²) in [5.41, 5.74) is 0.115. The van der Waals surface area contributed by atoms with Crippen molar-refractivity contribution in [1.82, 2.24) is 14.9 Å². The van der Waals surface area contributed by atoms with Gasteiger partial charge in [-0.15, -0.1) is 0 Å². The Kier molecular flexibility index (Phi) is 5.52. The highest BCUT2D eigenvalue weighted by molar-refractivity contribution is 6.06. The molecule has 3 heterocycles. The van der Waals surface area contributed by atoms with Crippen molar-refractivity contribution < 1.29 is 18.4 Å². The van der Waals surface area contributed by atoms with Crippen LogP contribution in [0, 0.1) is 6.92 Å². The summed E-state index contributed by atoms with van der Waals surface area (Å²) in [5, 5.41) is 3.01. The molecule has 0 aliphatic carbocycles. The van der Waals surface area contributed by atoms with Crippen LogP contribution in [0.25, 0.3) is 11.1 Å². The predicted molar refractivity (Wildman–Crippen MR) is 94.2 cm³/mol. The Morgan fingerprint density at radius 1 is 1.42 bits per heavy atom. The van der Waals surface area contributed by atoms with Crippen LogP contribution in [0.3, 0.4) is 0 Å². The van der Waals surface area contributed by atoms with Gasteiger partial charge in [0.15, 0.2) is 0 Å². The van der Waals surface area contributed by atoms with Crippen molar-refractivity contribution in [3.63, 3.8) is 0 Å². The van der Waals surface area contributed by atoms with Gasteiger partial charge in [0, 0.05) is 33.2 Å². The van der Waals surface area contributed by atoms with E-state index in [1.54, 1.807) is 26.4 Å². The maximum Gasteiger partial charge on any atom is 0.265 e. The van der Waals surface area contributed by atoms with Crippen molar-refractivity contribution in [2.75, 3.05) is 20.3 Å². The molecule has 0 spiro atoms. The molecule has 0 atom stereocenters. The van der Waals surface area contributed by atoms with E-state index < -0.39 is 0 Å². The molecule has 3 rings (SSSR count). The Morgan fingerprint density at radius 3 is 3.00 bits per heavy atom. The van der Waals surface area contributed by atoms with Gasteiger partial charge in [0.2, 0.25) is 5.71 Å². The van der Waals surface area contributed by atoms with Crippen molar-refractivity contribution in [2.45, 2.75) is 26.3 Å². The first-order valence-corrected chi connectivity index (χ1v) is 8.40. The Hall–Kier alpha value is -2.87. The van der Waals surface area contributed by atoms with Gasteiger partial charge in [0.25, 0.3) is 11.5 Å². The molecule has 3 aromatic heterocycles. The normalized spacial score (nSPS) is 11.2. The van der Waals surface area contributed by atoms with Gasteiger partial charge in [-0.3, -0.25) is 14.2 Å². The third kappa shape index (κ3) is 3.70. The van der Waals surface area contributed by atoms with Crippen molar-refractivity contribution >= 4 is 17.0 Å². The summed E-state index contributed by atoms with van der Waals surface area (Å²) in [6.07, 6.45) is 4.25. The number of carbonyl (C=O) groups is 1. The molecule has 0 saturated heterocycles. The summed E-state index contributed by atoms with van der Waals surface area (Å²) in [6, 6.07) is 3.63. The fraction of sp³-hybridized carbons (Fsp3) is 0.389. The van der Waals surface area contributed by atoms with E-state index in [-0.39, 0.29) is 28.1 Å². The van der Waals surface area contributed by atoms with Crippen LogP contribution in [0.4, 0.5) is 0 Å². The molecule has 0 fully saturated rings. The SMILES string of the molecule is COCCCn1cnc2oc(C)c(C(=O)NCCc3ccco3)c2c1=O. The zero-order valence-electron chi connectivity index (χ0n) is 14.8. The Bertz CT molecular complexity index is 940. The van der Waals surface area contributed by atoms with E-state index in [2.05, 4.69) is 10.3 Å². The molecule has 0 radical (unpaired) electrons.